The highest BCUT2D eigenvalue weighted by Gasteiger charge is 2.11. The van der Waals surface area contributed by atoms with Crippen LogP contribution >= 0.6 is 23.1 Å². The van der Waals surface area contributed by atoms with Crippen molar-refractivity contribution in [3.8, 4) is 10.8 Å². The van der Waals surface area contributed by atoms with Gasteiger partial charge in [-0.1, -0.05) is 11.8 Å². The van der Waals surface area contributed by atoms with Gasteiger partial charge in [-0.25, -0.2) is 14.5 Å². The van der Waals surface area contributed by atoms with Gasteiger partial charge in [0.05, 0.1) is 12.0 Å². The number of aromatic nitrogens is 5. The maximum absolute atomic E-state index is 5.36. The lowest BCUT2D eigenvalue weighted by atomic mass is 10.4. The number of thiazole rings is 1. The number of furan rings is 1. The van der Waals surface area contributed by atoms with Gasteiger partial charge in [0, 0.05) is 22.5 Å². The summed E-state index contributed by atoms with van der Waals surface area (Å²) in [7, 11) is 0. The van der Waals surface area contributed by atoms with E-state index in [2.05, 4.69) is 20.1 Å². The van der Waals surface area contributed by atoms with E-state index in [1.54, 1.807) is 33.9 Å². The summed E-state index contributed by atoms with van der Waals surface area (Å²) in [5, 5.41) is 8.12. The first-order valence-corrected chi connectivity index (χ1v) is 8.88. The van der Waals surface area contributed by atoms with Crippen molar-refractivity contribution in [1.82, 2.24) is 24.6 Å². The van der Waals surface area contributed by atoms with Gasteiger partial charge in [-0.15, -0.1) is 16.4 Å². The molecule has 4 aromatic heterocycles. The number of aryl methyl sites for hydroxylation is 2. The van der Waals surface area contributed by atoms with Crippen LogP contribution in [0.1, 0.15) is 17.1 Å². The number of rotatable bonds is 4. The molecule has 0 radical (unpaired) electrons. The van der Waals surface area contributed by atoms with Gasteiger partial charge >= 0.3 is 0 Å². The molecule has 4 rings (SSSR count). The van der Waals surface area contributed by atoms with E-state index in [-0.39, 0.29) is 0 Å². The monoisotopic (exact) mass is 343 g/mol. The van der Waals surface area contributed by atoms with Crippen LogP contribution in [0.2, 0.25) is 0 Å². The fourth-order valence-corrected chi connectivity index (χ4v) is 3.84. The standard InChI is InChI=1S/C15H13N5OS2/c1-9-6-10(2)20-14(16-9)18-15(19-20)23-8-11-7-22-13(17-11)12-4-3-5-21-12/h3-7H,8H2,1-2H3. The van der Waals surface area contributed by atoms with Crippen LogP contribution in [0.5, 0.6) is 0 Å². The SMILES string of the molecule is Cc1cc(C)n2nc(SCc3csc(-c4ccco4)n3)nc2n1. The minimum absolute atomic E-state index is 0.638. The lowest BCUT2D eigenvalue weighted by Gasteiger charge is -1.97. The van der Waals surface area contributed by atoms with Crippen molar-refractivity contribution in [2.45, 2.75) is 24.8 Å². The second-order valence-corrected chi connectivity index (χ2v) is 6.86. The predicted octanol–water partition coefficient (Wildman–Crippen LogP) is 3.75. The van der Waals surface area contributed by atoms with E-state index < -0.39 is 0 Å². The fraction of sp³-hybridized carbons (Fsp3) is 0.200. The Hall–Kier alpha value is -2.19. The first kappa shape index (κ1) is 14.4. The van der Waals surface area contributed by atoms with Crippen LogP contribution in [0, 0.1) is 13.8 Å². The number of hydrogen-bond donors (Lipinski definition) is 0. The molecule has 0 aliphatic heterocycles. The molecule has 0 N–H and O–H groups in total. The molecular weight excluding hydrogens is 330 g/mol. The molecule has 0 spiro atoms. The minimum atomic E-state index is 0.638. The maximum Gasteiger partial charge on any atom is 0.253 e. The molecule has 0 aliphatic carbocycles. The highest BCUT2D eigenvalue weighted by molar-refractivity contribution is 7.98. The zero-order valence-electron chi connectivity index (χ0n) is 12.6. The van der Waals surface area contributed by atoms with E-state index in [0.717, 1.165) is 27.8 Å². The zero-order valence-corrected chi connectivity index (χ0v) is 14.2. The molecule has 0 bridgehead atoms. The Morgan fingerprint density at radius 3 is 3.00 bits per heavy atom. The molecule has 0 fully saturated rings. The molecule has 6 nitrogen and oxygen atoms in total. The number of fused-ring (bicyclic) bond motifs is 1. The van der Waals surface area contributed by atoms with E-state index >= 15 is 0 Å². The van der Waals surface area contributed by atoms with E-state index in [4.69, 9.17) is 4.42 Å². The molecule has 0 aliphatic rings. The highest BCUT2D eigenvalue weighted by atomic mass is 32.2. The molecule has 0 atom stereocenters. The zero-order chi connectivity index (χ0) is 15.8. The van der Waals surface area contributed by atoms with Crippen LogP contribution in [-0.2, 0) is 5.75 Å². The van der Waals surface area contributed by atoms with Gasteiger partial charge in [0.1, 0.15) is 0 Å². The molecule has 0 saturated carbocycles. The summed E-state index contributed by atoms with van der Waals surface area (Å²) in [5.41, 5.74) is 2.97. The Morgan fingerprint density at radius 2 is 2.17 bits per heavy atom. The van der Waals surface area contributed by atoms with E-state index in [0.29, 0.717) is 16.7 Å². The predicted molar refractivity (Wildman–Crippen MR) is 89.6 cm³/mol. The lowest BCUT2D eigenvalue weighted by molar-refractivity contribution is 0.581. The topological polar surface area (TPSA) is 69.1 Å². The van der Waals surface area contributed by atoms with Crippen molar-refractivity contribution in [1.29, 1.82) is 0 Å². The quantitative estimate of drug-likeness (QED) is 0.526. The Labute approximate surface area is 140 Å². The summed E-state index contributed by atoms with van der Waals surface area (Å²) < 4.78 is 7.13. The molecule has 4 aromatic rings. The Kier molecular flexibility index (Phi) is 3.62. The van der Waals surface area contributed by atoms with Crippen LogP contribution in [0.15, 0.2) is 39.4 Å². The van der Waals surface area contributed by atoms with Crippen molar-refractivity contribution in [3.63, 3.8) is 0 Å². The normalized spacial score (nSPS) is 11.4. The Balaban J connectivity index is 1.52. The van der Waals surface area contributed by atoms with Crippen molar-refractivity contribution in [3.05, 3.63) is 46.9 Å². The molecule has 0 aromatic carbocycles. The van der Waals surface area contributed by atoms with Crippen molar-refractivity contribution in [2.75, 3.05) is 0 Å². The third-order valence-electron chi connectivity index (χ3n) is 3.23. The first-order chi connectivity index (χ1) is 11.2. The fourth-order valence-electron chi connectivity index (χ4n) is 2.23. The van der Waals surface area contributed by atoms with E-state index in [9.17, 15) is 0 Å². The van der Waals surface area contributed by atoms with E-state index in [1.807, 2.05) is 37.4 Å². The summed E-state index contributed by atoms with van der Waals surface area (Å²) >= 11 is 3.13. The van der Waals surface area contributed by atoms with Gasteiger partial charge in [-0.2, -0.15) is 4.98 Å². The van der Waals surface area contributed by atoms with Gasteiger partial charge in [0.25, 0.3) is 5.78 Å². The van der Waals surface area contributed by atoms with Gasteiger partial charge < -0.3 is 4.42 Å². The summed E-state index contributed by atoms with van der Waals surface area (Å²) in [4.78, 5) is 13.4. The summed E-state index contributed by atoms with van der Waals surface area (Å²) in [6.07, 6.45) is 1.66. The molecule has 23 heavy (non-hydrogen) atoms. The lowest BCUT2D eigenvalue weighted by Crippen LogP contribution is -1.97. The third kappa shape index (κ3) is 2.87. The second kappa shape index (κ2) is 5.78. The molecule has 0 amide bonds. The number of nitrogens with zero attached hydrogens (tertiary/aromatic N) is 5. The summed E-state index contributed by atoms with van der Waals surface area (Å²) in [5.74, 6) is 2.15. The molecule has 8 heteroatoms. The van der Waals surface area contributed by atoms with Gasteiger partial charge in [-0.05, 0) is 32.0 Å². The van der Waals surface area contributed by atoms with Gasteiger partial charge in [0.2, 0.25) is 5.16 Å². The third-order valence-corrected chi connectivity index (χ3v) is 5.01. The summed E-state index contributed by atoms with van der Waals surface area (Å²) in [6.45, 7) is 3.96. The Morgan fingerprint density at radius 1 is 1.26 bits per heavy atom. The molecule has 0 unspecified atom stereocenters. The molecule has 0 saturated heterocycles. The molecule has 116 valence electrons. The molecule has 4 heterocycles. The van der Waals surface area contributed by atoms with Crippen LogP contribution in [0.25, 0.3) is 16.5 Å². The first-order valence-electron chi connectivity index (χ1n) is 7.01. The summed E-state index contributed by atoms with van der Waals surface area (Å²) in [6, 6.07) is 5.77. The number of thioether (sulfide) groups is 1. The highest BCUT2D eigenvalue weighted by Crippen LogP contribution is 2.27. The van der Waals surface area contributed by atoms with Crippen molar-refractivity contribution < 1.29 is 4.42 Å². The van der Waals surface area contributed by atoms with Gasteiger partial charge in [-0.3, -0.25) is 0 Å². The van der Waals surface area contributed by atoms with Crippen molar-refractivity contribution in [2.24, 2.45) is 0 Å². The average molecular weight is 343 g/mol. The second-order valence-electron chi connectivity index (χ2n) is 5.06. The number of hydrogen-bond acceptors (Lipinski definition) is 7. The van der Waals surface area contributed by atoms with Crippen molar-refractivity contribution >= 4 is 28.9 Å². The largest absolute Gasteiger partial charge is 0.462 e. The van der Waals surface area contributed by atoms with Crippen LogP contribution in [0.4, 0.5) is 0 Å². The van der Waals surface area contributed by atoms with Crippen LogP contribution in [0.3, 0.4) is 0 Å². The Bertz CT molecular complexity index is 958. The van der Waals surface area contributed by atoms with Crippen LogP contribution in [-0.4, -0.2) is 24.6 Å². The smallest absolute Gasteiger partial charge is 0.253 e. The molecular formula is C15H13N5OS2. The minimum Gasteiger partial charge on any atom is -0.462 e. The maximum atomic E-state index is 5.36. The average Bonchev–Trinajstić information content (AvgIpc) is 3.24. The van der Waals surface area contributed by atoms with E-state index in [1.165, 1.54) is 0 Å². The van der Waals surface area contributed by atoms with Crippen LogP contribution < -0.4 is 0 Å². The van der Waals surface area contributed by atoms with Gasteiger partial charge in [0.15, 0.2) is 10.8 Å².